The Morgan fingerprint density at radius 3 is 0.913 bits per heavy atom. The van der Waals surface area contributed by atoms with Crippen molar-refractivity contribution in [3.63, 3.8) is 0 Å². The predicted molar refractivity (Wildman–Crippen MR) is 353 cm³/mol. The molecule has 10 amide bonds. The lowest BCUT2D eigenvalue weighted by Gasteiger charge is -2.28. The summed E-state index contributed by atoms with van der Waals surface area (Å²) in [6.45, 7) is -2.33. The van der Waals surface area contributed by atoms with E-state index in [9.17, 15) is 117 Å². The fourth-order valence-electron chi connectivity index (χ4n) is 10.0. The van der Waals surface area contributed by atoms with Crippen LogP contribution in [-0.4, -0.2) is 231 Å². The summed E-state index contributed by atoms with van der Waals surface area (Å²) in [5.41, 5.74) is 7.26. The number of aliphatic carboxylic acids is 7. The summed E-state index contributed by atoms with van der Waals surface area (Å²) in [6.07, 6.45) is -8.41. The normalized spacial score (nSPS) is 14.2. The maximum Gasteiger partial charge on any atom is 0.326 e. The molecule has 38 nitrogen and oxygen atoms in total. The number of aliphatic hydroxyl groups is 2. The van der Waals surface area contributed by atoms with Gasteiger partial charge in [-0.25, -0.2) is 4.79 Å². The quantitative estimate of drug-likeness (QED) is 0.0199. The molecule has 0 aliphatic heterocycles. The van der Waals surface area contributed by atoms with Crippen molar-refractivity contribution in [1.29, 1.82) is 0 Å². The van der Waals surface area contributed by atoms with Crippen LogP contribution in [0.1, 0.15) is 93.7 Å². The molecule has 0 aliphatic rings. The summed E-state index contributed by atoms with van der Waals surface area (Å²) >= 11 is 0. The minimum atomic E-state index is -1.98. The van der Waals surface area contributed by atoms with Crippen molar-refractivity contribution in [2.45, 2.75) is 163 Å². The Bertz CT molecular complexity index is 3690. The van der Waals surface area contributed by atoms with Crippen molar-refractivity contribution in [2.24, 2.45) is 5.73 Å². The largest absolute Gasteiger partial charge is 0.481 e. The summed E-state index contributed by atoms with van der Waals surface area (Å²) in [7, 11) is 0. The Labute approximate surface area is 585 Å². The third-order valence-corrected chi connectivity index (χ3v) is 15.6. The van der Waals surface area contributed by atoms with Crippen LogP contribution < -0.4 is 58.9 Å². The number of carboxylic acids is 7. The monoisotopic (exact) mass is 1450 g/mol. The van der Waals surface area contributed by atoms with Gasteiger partial charge >= 0.3 is 41.8 Å². The molecule has 0 aliphatic carbocycles. The van der Waals surface area contributed by atoms with Crippen LogP contribution in [0.3, 0.4) is 0 Å². The molecule has 0 unspecified atom stereocenters. The van der Waals surface area contributed by atoms with Crippen molar-refractivity contribution in [3.8, 4) is 0 Å². The van der Waals surface area contributed by atoms with Crippen LogP contribution in [0.4, 0.5) is 0 Å². The van der Waals surface area contributed by atoms with E-state index in [2.05, 4.69) is 52.8 Å². The van der Waals surface area contributed by atoms with E-state index in [0.717, 1.165) is 0 Å². The van der Waals surface area contributed by atoms with Gasteiger partial charge in [0.2, 0.25) is 59.1 Å². The van der Waals surface area contributed by atoms with Crippen molar-refractivity contribution in [3.05, 3.63) is 108 Å². The molecule has 0 radical (unpaired) electrons. The first-order chi connectivity index (χ1) is 48.8. The number of aromatic amines is 1. The van der Waals surface area contributed by atoms with E-state index in [1.165, 1.54) is 42.6 Å². The fourth-order valence-corrected chi connectivity index (χ4v) is 10.0. The molecule has 1 heterocycles. The minimum Gasteiger partial charge on any atom is -0.481 e. The third-order valence-electron chi connectivity index (χ3n) is 15.6. The Morgan fingerprint density at radius 1 is 0.311 bits per heavy atom. The molecule has 3 aromatic carbocycles. The van der Waals surface area contributed by atoms with Gasteiger partial charge in [-0.2, -0.15) is 0 Å². The molecule has 558 valence electrons. The van der Waals surface area contributed by atoms with Crippen LogP contribution in [0.25, 0.3) is 10.9 Å². The number of benzene rings is 3. The van der Waals surface area contributed by atoms with Gasteiger partial charge in [-0.15, -0.1) is 0 Å². The molecule has 0 spiro atoms. The molecule has 0 saturated heterocycles. The zero-order valence-electron chi connectivity index (χ0n) is 55.1. The number of amides is 10. The number of rotatable bonds is 47. The number of aliphatic hydroxyl groups excluding tert-OH is 2. The predicted octanol–water partition coefficient (Wildman–Crippen LogP) is -4.37. The molecule has 0 saturated carbocycles. The van der Waals surface area contributed by atoms with Crippen molar-refractivity contribution in [1.82, 2.24) is 58.2 Å². The Morgan fingerprint density at radius 2 is 0.573 bits per heavy atom. The molecule has 38 heteroatoms. The summed E-state index contributed by atoms with van der Waals surface area (Å²) in [6, 6.07) is 1.69. The topological polar surface area (TPSA) is 634 Å². The number of H-pyrrole nitrogens is 1. The fraction of sp³-hybridized carbons (Fsp3) is 0.431. The van der Waals surface area contributed by atoms with Gasteiger partial charge in [0.15, 0.2) is 0 Å². The number of nitrogens with one attached hydrogen (secondary N) is 11. The van der Waals surface area contributed by atoms with Crippen molar-refractivity contribution < 1.29 is 127 Å². The SMILES string of the molecule is N[C@@H](CCC(=O)O)C(=O)N[C@@H](CO)C(=O)N[C@@H](CCC(=O)O)C(=O)N[C@@H](Cc1ccccc1)C(=O)N[C@@H](CCC(=O)O)C(=O)N[C@@H](Cc1c[nH]c2ccccc12)C(=O)N[C@@H](CCC(=O)O)C(=O)N[C@@H](Cc1ccccc1)C(=O)N[C@@H](CCC(=O)O)C(=O)N[C@@H](CO)C(=O)N[C@@H](CCC(=O)O)C(=O)O. The molecule has 4 rings (SSSR count). The number of nitrogens with two attached hydrogens (primary N) is 1. The Hall–Kier alpha value is -11.9. The second-order valence-corrected chi connectivity index (χ2v) is 23.5. The molecule has 11 atom stereocenters. The Kier molecular flexibility index (Phi) is 34.2. The highest BCUT2D eigenvalue weighted by Gasteiger charge is 2.38. The lowest BCUT2D eigenvalue weighted by molar-refractivity contribution is -0.144. The van der Waals surface area contributed by atoms with Crippen LogP contribution >= 0.6 is 0 Å². The van der Waals surface area contributed by atoms with E-state index < -0.39 is 270 Å². The summed E-state index contributed by atoms with van der Waals surface area (Å²) in [5, 5.41) is 110. The second kappa shape index (κ2) is 42.2. The second-order valence-electron chi connectivity index (χ2n) is 23.5. The molecule has 1 aromatic heterocycles. The van der Waals surface area contributed by atoms with E-state index in [1.54, 1.807) is 48.5 Å². The van der Waals surface area contributed by atoms with Crippen LogP contribution in [-0.2, 0) is 101 Å². The number of aromatic nitrogens is 1. The minimum absolute atomic E-state index is 0.322. The number of carbonyl (C=O) groups excluding carboxylic acids is 10. The van der Waals surface area contributed by atoms with Gasteiger partial charge in [0.25, 0.3) is 0 Å². The molecular weight excluding hydrogens is 1360 g/mol. The first-order valence-corrected chi connectivity index (χ1v) is 32.0. The average molecular weight is 1450 g/mol. The van der Waals surface area contributed by atoms with E-state index >= 15 is 0 Å². The van der Waals surface area contributed by atoms with Gasteiger partial charge < -0.3 is 110 Å². The van der Waals surface area contributed by atoms with Crippen LogP contribution in [0.5, 0.6) is 0 Å². The highest BCUT2D eigenvalue weighted by molar-refractivity contribution is 6.00. The maximum atomic E-state index is 15.0. The molecule has 4 aromatic rings. The first-order valence-electron chi connectivity index (χ1n) is 32.0. The third kappa shape index (κ3) is 29.4. The van der Waals surface area contributed by atoms with Gasteiger partial charge in [0.1, 0.15) is 60.4 Å². The number of para-hydroxylation sites is 1. The van der Waals surface area contributed by atoms with Crippen LogP contribution in [0, 0.1) is 0 Å². The number of hydrogen-bond donors (Lipinski definition) is 21. The van der Waals surface area contributed by atoms with E-state index in [-0.39, 0.29) is 6.42 Å². The van der Waals surface area contributed by atoms with Crippen LogP contribution in [0.15, 0.2) is 91.1 Å². The highest BCUT2D eigenvalue weighted by atomic mass is 16.4. The summed E-state index contributed by atoms with van der Waals surface area (Å²) in [5.74, 6) is -22.9. The lowest BCUT2D eigenvalue weighted by Crippen LogP contribution is -2.61. The molecule has 22 N–H and O–H groups in total. The van der Waals surface area contributed by atoms with Gasteiger partial charge in [0.05, 0.1) is 19.3 Å². The Balaban J connectivity index is 1.73. The summed E-state index contributed by atoms with van der Waals surface area (Å²) < 4.78 is 0. The number of fused-ring (bicyclic) bond motifs is 1. The average Bonchev–Trinajstić information content (AvgIpc) is 1.72. The molecule has 0 bridgehead atoms. The molecular formula is C65H82N12O26. The van der Waals surface area contributed by atoms with E-state index in [0.29, 0.717) is 27.6 Å². The number of carboxylic acid groups (broad SMARTS) is 7. The van der Waals surface area contributed by atoms with Crippen molar-refractivity contribution >= 4 is 112 Å². The van der Waals surface area contributed by atoms with Crippen LogP contribution in [0.2, 0.25) is 0 Å². The summed E-state index contributed by atoms with van der Waals surface area (Å²) in [4.78, 5) is 226. The lowest BCUT2D eigenvalue weighted by atomic mass is 10.0. The van der Waals surface area contributed by atoms with Gasteiger partial charge in [-0.05, 0) is 61.3 Å². The number of hydrogen-bond acceptors (Lipinski definition) is 20. The van der Waals surface area contributed by atoms with E-state index in [4.69, 9.17) is 15.9 Å². The van der Waals surface area contributed by atoms with Gasteiger partial charge in [0, 0.05) is 74.9 Å². The zero-order valence-corrected chi connectivity index (χ0v) is 55.1. The highest BCUT2D eigenvalue weighted by Crippen LogP contribution is 2.20. The molecule has 103 heavy (non-hydrogen) atoms. The molecule has 0 fully saturated rings. The van der Waals surface area contributed by atoms with Crippen molar-refractivity contribution in [2.75, 3.05) is 13.2 Å². The first kappa shape index (κ1) is 83.5. The van der Waals surface area contributed by atoms with E-state index in [1.807, 2.05) is 5.32 Å². The van der Waals surface area contributed by atoms with Gasteiger partial charge in [-0.3, -0.25) is 76.7 Å². The standard InChI is InChI=1S/C65H82N12O26/c66-37(15-21-49(80)81)55(92)76-47(31-78)63(100)71-41(18-24-52(86)87)57(94)74-44(27-33-9-3-1-4-10-33)60(97)68-40(17-23-51(84)85)58(95)75-46(29-35-30-67-38-14-8-7-13-36(35)38)62(99)70-39(16-22-50(82)83)56(93)73-45(28-34-11-5-2-6-12-34)61(98)69-42(19-25-53(88)89)59(96)77-48(32-79)64(101)72-43(65(102)103)20-26-54(90)91/h1-14,30,37,39-48,67,78-79H,15-29,31-32,66H2,(H,68,97)(H,69,98)(H,70,99)(H,71,100)(H,72,101)(H,73,93)(H,74,94)(H,75,95)(H,76,92)(H,77,96)(H,80,81)(H,82,83)(H,84,85)(H,86,87)(H,88,89)(H,90,91)(H,102,103)/t37-,39-,40-,41-,42-,43-,44-,45-,46-,47-,48-/m0/s1. The maximum absolute atomic E-state index is 15.0. The zero-order chi connectivity index (χ0) is 76.5. The van der Waals surface area contributed by atoms with Gasteiger partial charge in [-0.1, -0.05) is 78.9 Å². The number of carbonyl (C=O) groups is 17. The smallest absolute Gasteiger partial charge is 0.326 e.